The van der Waals surface area contributed by atoms with E-state index >= 15 is 0 Å². The number of phenolic OH excluding ortho intramolecular Hbond substituents is 1. The van der Waals surface area contributed by atoms with E-state index in [1.807, 2.05) is 26.0 Å². The molecule has 2 aromatic rings. The van der Waals surface area contributed by atoms with Crippen molar-refractivity contribution in [3.05, 3.63) is 41.5 Å². The molecule has 0 aliphatic rings. The van der Waals surface area contributed by atoms with E-state index in [1.165, 1.54) is 0 Å². The van der Waals surface area contributed by atoms with Gasteiger partial charge in [-0.15, -0.1) is 0 Å². The van der Waals surface area contributed by atoms with Gasteiger partial charge < -0.3 is 19.3 Å². The van der Waals surface area contributed by atoms with E-state index in [9.17, 15) is 5.11 Å². The Morgan fingerprint density at radius 2 is 1.79 bits per heavy atom. The molecule has 0 aliphatic carbocycles. The molecule has 1 N–H and O–H groups in total. The molecule has 0 spiro atoms. The average molecular weight is 329 g/mol. The molecule has 2 rings (SSSR count). The zero-order chi connectivity index (χ0) is 17.5. The minimum absolute atomic E-state index is 0.130. The highest BCUT2D eigenvalue weighted by Crippen LogP contribution is 2.34. The Kier molecular flexibility index (Phi) is 6.07. The summed E-state index contributed by atoms with van der Waals surface area (Å²) in [5, 5.41) is 10.1. The molecule has 5 heteroatoms. The number of hydrogen-bond acceptors (Lipinski definition) is 5. The fourth-order valence-corrected chi connectivity index (χ4v) is 2.19. The van der Waals surface area contributed by atoms with Gasteiger partial charge in [-0.05, 0) is 37.1 Å². The van der Waals surface area contributed by atoms with Gasteiger partial charge in [-0.1, -0.05) is 6.92 Å². The van der Waals surface area contributed by atoms with Crippen molar-refractivity contribution in [2.75, 3.05) is 20.8 Å². The first kappa shape index (κ1) is 17.7. The van der Waals surface area contributed by atoms with E-state index in [2.05, 4.69) is 4.99 Å². The predicted molar refractivity (Wildman–Crippen MR) is 95.4 cm³/mol. The highest BCUT2D eigenvalue weighted by molar-refractivity contribution is 5.86. The quantitative estimate of drug-likeness (QED) is 0.771. The molecular formula is C19H23NO4. The summed E-state index contributed by atoms with van der Waals surface area (Å²) >= 11 is 0. The summed E-state index contributed by atoms with van der Waals surface area (Å²) in [5.74, 6) is 2.05. The molecule has 24 heavy (non-hydrogen) atoms. The summed E-state index contributed by atoms with van der Waals surface area (Å²) in [6.45, 7) is 4.60. The molecule has 0 atom stereocenters. The Labute approximate surface area is 142 Å². The second kappa shape index (κ2) is 8.24. The van der Waals surface area contributed by atoms with Gasteiger partial charge in [0.1, 0.15) is 11.5 Å². The van der Waals surface area contributed by atoms with E-state index < -0.39 is 0 Å². The van der Waals surface area contributed by atoms with Crippen LogP contribution in [0, 0.1) is 6.92 Å². The number of aliphatic imine (C=N–C) groups is 1. The van der Waals surface area contributed by atoms with Gasteiger partial charge >= 0.3 is 0 Å². The van der Waals surface area contributed by atoms with Gasteiger partial charge in [0.05, 0.1) is 26.5 Å². The summed E-state index contributed by atoms with van der Waals surface area (Å²) in [6.07, 6.45) is 2.54. The van der Waals surface area contributed by atoms with Crippen molar-refractivity contribution < 1.29 is 19.3 Å². The third-order valence-corrected chi connectivity index (χ3v) is 3.52. The first-order valence-corrected chi connectivity index (χ1v) is 7.81. The van der Waals surface area contributed by atoms with Crippen LogP contribution in [0.2, 0.25) is 0 Å². The van der Waals surface area contributed by atoms with Crippen LogP contribution in [-0.2, 0) is 0 Å². The second-order valence-corrected chi connectivity index (χ2v) is 5.32. The number of benzene rings is 2. The monoisotopic (exact) mass is 329 g/mol. The second-order valence-electron chi connectivity index (χ2n) is 5.32. The van der Waals surface area contributed by atoms with Gasteiger partial charge in [0.2, 0.25) is 0 Å². The lowest BCUT2D eigenvalue weighted by molar-refractivity contribution is 0.315. The number of nitrogens with zero attached hydrogens (tertiary/aromatic N) is 1. The summed E-state index contributed by atoms with van der Waals surface area (Å²) in [4.78, 5) is 4.45. The Morgan fingerprint density at radius 3 is 2.42 bits per heavy atom. The van der Waals surface area contributed by atoms with Crippen molar-refractivity contribution >= 4 is 11.9 Å². The van der Waals surface area contributed by atoms with Crippen LogP contribution < -0.4 is 14.2 Å². The van der Waals surface area contributed by atoms with E-state index in [0.717, 1.165) is 17.7 Å². The van der Waals surface area contributed by atoms with Gasteiger partial charge in [-0.3, -0.25) is 4.99 Å². The van der Waals surface area contributed by atoms with Gasteiger partial charge in [0.25, 0.3) is 0 Å². The Bertz CT molecular complexity index is 726. The lowest BCUT2D eigenvalue weighted by Crippen LogP contribution is -1.95. The summed E-state index contributed by atoms with van der Waals surface area (Å²) < 4.78 is 16.1. The number of phenols is 1. The van der Waals surface area contributed by atoms with Crippen LogP contribution in [0.5, 0.6) is 23.0 Å². The largest absolute Gasteiger partial charge is 0.507 e. The van der Waals surface area contributed by atoms with Gasteiger partial charge in [-0.25, -0.2) is 0 Å². The maximum atomic E-state index is 10.1. The van der Waals surface area contributed by atoms with Crippen LogP contribution in [0.15, 0.2) is 35.3 Å². The van der Waals surface area contributed by atoms with E-state index in [1.54, 1.807) is 38.6 Å². The fraction of sp³-hybridized carbons (Fsp3) is 0.316. The zero-order valence-electron chi connectivity index (χ0n) is 14.5. The maximum absolute atomic E-state index is 10.1. The van der Waals surface area contributed by atoms with E-state index in [0.29, 0.717) is 29.4 Å². The molecule has 2 aromatic carbocycles. The third-order valence-electron chi connectivity index (χ3n) is 3.52. The molecule has 0 amide bonds. The number of hydrogen-bond donors (Lipinski definition) is 1. The summed E-state index contributed by atoms with van der Waals surface area (Å²) in [7, 11) is 3.18. The standard InChI is InChI=1S/C19H23NO4/c1-5-8-24-15-7-6-14(17(21)10-15)12-20-16-11-19(23-4)18(22-3)9-13(16)2/h6-7,9-12,21H,5,8H2,1-4H3. The van der Waals surface area contributed by atoms with E-state index in [-0.39, 0.29) is 5.75 Å². The minimum Gasteiger partial charge on any atom is -0.507 e. The normalized spacial score (nSPS) is 10.8. The maximum Gasteiger partial charge on any atom is 0.162 e. The SMILES string of the molecule is CCCOc1ccc(C=Nc2cc(OC)c(OC)cc2C)c(O)c1. The van der Waals surface area contributed by atoms with Gasteiger partial charge in [0, 0.05) is 23.9 Å². The number of aromatic hydroxyl groups is 1. The highest BCUT2D eigenvalue weighted by atomic mass is 16.5. The lowest BCUT2D eigenvalue weighted by atomic mass is 10.1. The van der Waals surface area contributed by atoms with Crippen molar-refractivity contribution in [2.45, 2.75) is 20.3 Å². The topological polar surface area (TPSA) is 60.3 Å². The van der Waals surface area contributed by atoms with Crippen LogP contribution in [0.4, 0.5) is 5.69 Å². The summed E-state index contributed by atoms with van der Waals surface area (Å²) in [6, 6.07) is 8.87. The van der Waals surface area contributed by atoms with Crippen LogP contribution in [-0.4, -0.2) is 32.1 Å². The van der Waals surface area contributed by atoms with Crippen LogP contribution in [0.3, 0.4) is 0 Å². The molecule has 0 aliphatic heterocycles. The molecule has 0 unspecified atom stereocenters. The number of ether oxygens (including phenoxy) is 3. The number of methoxy groups -OCH3 is 2. The fourth-order valence-electron chi connectivity index (χ4n) is 2.19. The lowest BCUT2D eigenvalue weighted by Gasteiger charge is -2.10. The Balaban J connectivity index is 2.24. The Hall–Kier alpha value is -2.69. The first-order valence-electron chi connectivity index (χ1n) is 7.81. The molecular weight excluding hydrogens is 306 g/mol. The van der Waals surface area contributed by atoms with Gasteiger partial charge in [-0.2, -0.15) is 0 Å². The minimum atomic E-state index is 0.130. The zero-order valence-corrected chi connectivity index (χ0v) is 14.5. The molecule has 0 aromatic heterocycles. The number of aryl methyl sites for hydroxylation is 1. The Morgan fingerprint density at radius 1 is 1.08 bits per heavy atom. The molecule has 128 valence electrons. The molecule has 0 bridgehead atoms. The van der Waals surface area contributed by atoms with Crippen molar-refractivity contribution in [1.82, 2.24) is 0 Å². The van der Waals surface area contributed by atoms with Crippen molar-refractivity contribution in [3.63, 3.8) is 0 Å². The van der Waals surface area contributed by atoms with Crippen LogP contribution >= 0.6 is 0 Å². The van der Waals surface area contributed by atoms with E-state index in [4.69, 9.17) is 14.2 Å². The molecule has 0 saturated carbocycles. The summed E-state index contributed by atoms with van der Waals surface area (Å²) in [5.41, 5.74) is 2.32. The first-order chi connectivity index (χ1) is 11.6. The third kappa shape index (κ3) is 4.19. The highest BCUT2D eigenvalue weighted by Gasteiger charge is 2.08. The molecule has 0 radical (unpaired) electrons. The number of rotatable bonds is 7. The van der Waals surface area contributed by atoms with Crippen LogP contribution in [0.25, 0.3) is 0 Å². The van der Waals surface area contributed by atoms with Crippen molar-refractivity contribution in [1.29, 1.82) is 0 Å². The van der Waals surface area contributed by atoms with Gasteiger partial charge in [0.15, 0.2) is 11.5 Å². The van der Waals surface area contributed by atoms with Crippen molar-refractivity contribution in [3.8, 4) is 23.0 Å². The van der Waals surface area contributed by atoms with Crippen LogP contribution in [0.1, 0.15) is 24.5 Å². The van der Waals surface area contributed by atoms with Crippen molar-refractivity contribution in [2.24, 2.45) is 4.99 Å². The molecule has 0 heterocycles. The molecule has 0 saturated heterocycles. The molecule has 0 fully saturated rings. The molecule has 5 nitrogen and oxygen atoms in total. The average Bonchev–Trinajstić information content (AvgIpc) is 2.59. The predicted octanol–water partition coefficient (Wildman–Crippen LogP) is 4.26. The smallest absolute Gasteiger partial charge is 0.162 e.